The first-order valence-electron chi connectivity index (χ1n) is 7.83. The number of carboxylic acids is 1. The summed E-state index contributed by atoms with van der Waals surface area (Å²) in [6.45, 7) is 4.36. The zero-order valence-electron chi connectivity index (χ0n) is 13.0. The van der Waals surface area contributed by atoms with E-state index >= 15 is 0 Å². The fraction of sp³-hybridized carbons (Fsp3) is 0.867. The molecule has 2 heterocycles. The highest BCUT2D eigenvalue weighted by molar-refractivity contribution is 5.77. The maximum atomic E-state index is 12.4. The molecule has 0 aliphatic carbocycles. The van der Waals surface area contributed by atoms with Crippen LogP contribution in [0.3, 0.4) is 0 Å². The Bertz CT molecular complexity index is 385. The van der Waals surface area contributed by atoms with E-state index < -0.39 is 11.4 Å². The fourth-order valence-corrected chi connectivity index (χ4v) is 3.26. The number of carbonyl (C=O) groups is 2. The number of carboxylic acid groups (broad SMARTS) is 1. The minimum absolute atomic E-state index is 0.0133. The number of amides is 2. The number of aliphatic carboxylic acids is 1. The van der Waals surface area contributed by atoms with Gasteiger partial charge in [0.15, 0.2) is 0 Å². The van der Waals surface area contributed by atoms with Gasteiger partial charge in [0, 0.05) is 33.3 Å². The molecule has 2 rings (SSSR count). The summed E-state index contributed by atoms with van der Waals surface area (Å²) < 4.78 is 5.55. The lowest BCUT2D eigenvalue weighted by molar-refractivity contribution is -0.152. The summed E-state index contributed by atoms with van der Waals surface area (Å²) in [4.78, 5) is 27.3. The van der Waals surface area contributed by atoms with Crippen LogP contribution >= 0.6 is 0 Å². The number of nitrogens with zero attached hydrogens (tertiary/aromatic N) is 2. The molecule has 2 aliphatic heterocycles. The van der Waals surface area contributed by atoms with E-state index in [1.807, 2.05) is 6.92 Å². The summed E-state index contributed by atoms with van der Waals surface area (Å²) in [6.07, 6.45) is 3.92. The van der Waals surface area contributed by atoms with E-state index in [1.54, 1.807) is 16.8 Å². The highest BCUT2D eigenvalue weighted by Gasteiger charge is 2.41. The van der Waals surface area contributed by atoms with Gasteiger partial charge in [-0.25, -0.2) is 4.79 Å². The smallest absolute Gasteiger partial charge is 0.319 e. The topological polar surface area (TPSA) is 70.1 Å². The minimum atomic E-state index is -0.732. The third kappa shape index (κ3) is 3.48. The van der Waals surface area contributed by atoms with Crippen LogP contribution in [0.15, 0.2) is 0 Å². The van der Waals surface area contributed by atoms with Crippen molar-refractivity contribution in [2.75, 3.05) is 33.3 Å². The minimum Gasteiger partial charge on any atom is -0.481 e. The molecule has 0 spiro atoms. The van der Waals surface area contributed by atoms with Gasteiger partial charge in [-0.3, -0.25) is 4.79 Å². The number of hydrogen-bond donors (Lipinski definition) is 1. The molecule has 2 saturated heterocycles. The molecule has 0 aromatic rings. The van der Waals surface area contributed by atoms with E-state index in [1.165, 1.54) is 0 Å². The molecule has 1 N–H and O–H groups in total. The number of ether oxygens (including phenoxy) is 1. The van der Waals surface area contributed by atoms with E-state index in [0.717, 1.165) is 19.4 Å². The molecule has 1 unspecified atom stereocenters. The number of carbonyl (C=O) groups excluding carboxylic acids is 1. The Balaban J connectivity index is 1.86. The molecule has 1 atom stereocenters. The van der Waals surface area contributed by atoms with Crippen LogP contribution < -0.4 is 0 Å². The molecule has 120 valence electrons. The predicted molar refractivity (Wildman–Crippen MR) is 78.2 cm³/mol. The van der Waals surface area contributed by atoms with Crippen molar-refractivity contribution in [3.8, 4) is 0 Å². The molecule has 21 heavy (non-hydrogen) atoms. The van der Waals surface area contributed by atoms with Crippen molar-refractivity contribution in [1.82, 2.24) is 9.80 Å². The monoisotopic (exact) mass is 298 g/mol. The largest absolute Gasteiger partial charge is 0.481 e. The first-order valence-corrected chi connectivity index (χ1v) is 7.83. The number of likely N-dealkylation sites (tertiary alicyclic amines) is 1. The van der Waals surface area contributed by atoms with Gasteiger partial charge in [-0.2, -0.15) is 0 Å². The van der Waals surface area contributed by atoms with E-state index in [2.05, 4.69) is 0 Å². The molecule has 2 fully saturated rings. The SMILES string of the molecule is CCC1(C(=O)O)CCN(C(=O)N(C)CC2CCCO2)CC1. The third-order valence-electron chi connectivity index (χ3n) is 4.95. The number of rotatable bonds is 4. The number of hydrogen-bond acceptors (Lipinski definition) is 3. The summed E-state index contributed by atoms with van der Waals surface area (Å²) in [6, 6.07) is -0.0133. The van der Waals surface area contributed by atoms with Crippen molar-refractivity contribution >= 4 is 12.0 Å². The zero-order chi connectivity index (χ0) is 15.5. The number of urea groups is 1. The average Bonchev–Trinajstić information content (AvgIpc) is 2.99. The van der Waals surface area contributed by atoms with Crippen LogP contribution in [-0.4, -0.2) is 66.3 Å². The average molecular weight is 298 g/mol. The van der Waals surface area contributed by atoms with Crippen molar-refractivity contribution in [2.45, 2.75) is 45.1 Å². The van der Waals surface area contributed by atoms with Gasteiger partial charge in [0.25, 0.3) is 0 Å². The van der Waals surface area contributed by atoms with Crippen LogP contribution in [0.2, 0.25) is 0 Å². The Morgan fingerprint density at radius 1 is 1.38 bits per heavy atom. The second-order valence-electron chi connectivity index (χ2n) is 6.22. The Kier molecular flexibility index (Phi) is 5.08. The van der Waals surface area contributed by atoms with Crippen LogP contribution in [0, 0.1) is 5.41 Å². The van der Waals surface area contributed by atoms with Gasteiger partial charge in [0.05, 0.1) is 11.5 Å². The van der Waals surface area contributed by atoms with E-state index in [-0.39, 0.29) is 12.1 Å². The molecule has 0 saturated carbocycles. The number of likely N-dealkylation sites (N-methyl/N-ethyl adjacent to an activating group) is 1. The van der Waals surface area contributed by atoms with Gasteiger partial charge < -0.3 is 19.6 Å². The molecule has 2 amide bonds. The summed E-state index contributed by atoms with van der Waals surface area (Å²) in [5.41, 5.74) is -0.649. The van der Waals surface area contributed by atoms with Crippen LogP contribution in [0.25, 0.3) is 0 Å². The van der Waals surface area contributed by atoms with Crippen LogP contribution in [0.5, 0.6) is 0 Å². The summed E-state index contributed by atoms with van der Waals surface area (Å²) >= 11 is 0. The molecule has 0 radical (unpaired) electrons. The van der Waals surface area contributed by atoms with E-state index in [0.29, 0.717) is 38.9 Å². The lowest BCUT2D eigenvalue weighted by atomic mass is 9.76. The Morgan fingerprint density at radius 3 is 2.52 bits per heavy atom. The van der Waals surface area contributed by atoms with Gasteiger partial charge in [0.1, 0.15) is 0 Å². The summed E-state index contributed by atoms with van der Waals surface area (Å²) in [5, 5.41) is 9.38. The van der Waals surface area contributed by atoms with Crippen LogP contribution in [0.1, 0.15) is 39.0 Å². The molecular formula is C15H26N2O4. The first kappa shape index (κ1) is 16.1. The highest BCUT2D eigenvalue weighted by Crippen LogP contribution is 2.35. The highest BCUT2D eigenvalue weighted by atomic mass is 16.5. The van der Waals surface area contributed by atoms with Gasteiger partial charge in [-0.15, -0.1) is 0 Å². The third-order valence-corrected chi connectivity index (χ3v) is 4.95. The Labute approximate surface area is 126 Å². The fourth-order valence-electron chi connectivity index (χ4n) is 3.26. The molecule has 0 aromatic heterocycles. The second-order valence-corrected chi connectivity index (χ2v) is 6.22. The molecule has 0 aromatic carbocycles. The second kappa shape index (κ2) is 6.64. The lowest BCUT2D eigenvalue weighted by Crippen LogP contribution is -2.50. The standard InChI is InChI=1S/C15H26N2O4/c1-3-15(13(18)19)6-8-17(9-7-15)14(20)16(2)11-12-5-4-10-21-12/h12H,3-11H2,1-2H3,(H,18,19). The first-order chi connectivity index (χ1) is 9.98. The molecule has 6 nitrogen and oxygen atoms in total. The zero-order valence-corrected chi connectivity index (χ0v) is 13.0. The van der Waals surface area contributed by atoms with Crippen molar-refractivity contribution in [3.05, 3.63) is 0 Å². The van der Waals surface area contributed by atoms with Crippen molar-refractivity contribution in [3.63, 3.8) is 0 Å². The predicted octanol–water partition coefficient (Wildman–Crippen LogP) is 1.79. The van der Waals surface area contributed by atoms with Gasteiger partial charge in [-0.05, 0) is 32.1 Å². The van der Waals surface area contributed by atoms with Crippen LogP contribution in [-0.2, 0) is 9.53 Å². The normalized spacial score (nSPS) is 24.9. The maximum absolute atomic E-state index is 12.4. The molecule has 6 heteroatoms. The van der Waals surface area contributed by atoms with Crippen LogP contribution in [0.4, 0.5) is 4.79 Å². The molecule has 0 bridgehead atoms. The van der Waals surface area contributed by atoms with E-state index in [9.17, 15) is 14.7 Å². The van der Waals surface area contributed by atoms with E-state index in [4.69, 9.17) is 4.74 Å². The van der Waals surface area contributed by atoms with Crippen molar-refractivity contribution in [2.24, 2.45) is 5.41 Å². The number of piperidine rings is 1. The molecule has 2 aliphatic rings. The van der Waals surface area contributed by atoms with Crippen molar-refractivity contribution < 1.29 is 19.4 Å². The summed E-state index contributed by atoms with van der Waals surface area (Å²) in [7, 11) is 1.79. The van der Waals surface area contributed by atoms with Crippen molar-refractivity contribution in [1.29, 1.82) is 0 Å². The quantitative estimate of drug-likeness (QED) is 0.859. The Morgan fingerprint density at radius 2 is 2.05 bits per heavy atom. The molecular weight excluding hydrogens is 272 g/mol. The maximum Gasteiger partial charge on any atom is 0.319 e. The van der Waals surface area contributed by atoms with Gasteiger partial charge >= 0.3 is 12.0 Å². The van der Waals surface area contributed by atoms with Gasteiger partial charge in [-0.1, -0.05) is 6.92 Å². The van der Waals surface area contributed by atoms with Gasteiger partial charge in [0.2, 0.25) is 0 Å². The Hall–Kier alpha value is -1.30. The summed E-state index contributed by atoms with van der Waals surface area (Å²) in [5.74, 6) is -0.732. The lowest BCUT2D eigenvalue weighted by Gasteiger charge is -2.39.